The summed E-state index contributed by atoms with van der Waals surface area (Å²) in [5, 5.41) is 37.0. The molecule has 10 aromatic carbocycles. The molecule has 11 heteroatoms. The second-order valence-electron chi connectivity index (χ2n) is 31.2. The number of benzene rings is 10. The number of rotatable bonds is 34. The summed E-state index contributed by atoms with van der Waals surface area (Å²) in [6.07, 6.45) is 19.5. The number of ether oxygens (including phenoxy) is 5. The predicted octanol–water partition coefficient (Wildman–Crippen LogP) is 24.1. The Kier molecular flexibility index (Phi) is 31.9. The van der Waals surface area contributed by atoms with Crippen LogP contribution in [0.4, 0.5) is 0 Å². The third-order valence-electron chi connectivity index (χ3n) is 21.8. The number of hydrogen-bond acceptors (Lipinski definition) is 10. The Balaban J connectivity index is 0.000000329. The first-order chi connectivity index (χ1) is 54.1. The van der Waals surface area contributed by atoms with E-state index in [2.05, 4.69) is 249 Å². The van der Waals surface area contributed by atoms with Crippen LogP contribution in [0.25, 0.3) is 55.6 Å². The highest BCUT2D eigenvalue weighted by Gasteiger charge is 2.61. The van der Waals surface area contributed by atoms with Gasteiger partial charge < -0.3 is 39.0 Å². The number of aliphatic hydroxyl groups is 3. The summed E-state index contributed by atoms with van der Waals surface area (Å²) in [5.41, 5.74) is 17.0. The monoisotopic (exact) mass is 1570 g/mol. The Morgan fingerprint density at radius 1 is 0.330 bits per heavy atom. The molecule has 0 amide bonds. The van der Waals surface area contributed by atoms with Crippen LogP contribution in [-0.2, 0) is 76.6 Å². The molecule has 2 heterocycles. The molecule has 0 saturated carbocycles. The van der Waals surface area contributed by atoms with Crippen molar-refractivity contribution in [1.82, 2.24) is 0 Å². The van der Waals surface area contributed by atoms with Crippen molar-refractivity contribution >= 4 is 27.7 Å². The summed E-state index contributed by atoms with van der Waals surface area (Å²) in [7, 11) is 1.19. The molecule has 0 unspecified atom stereocenters. The molecule has 2 fully saturated rings. The standard InChI is InChI=1S/C75H86O4.C17H19Br.C9H14O6/c1-7-11-15-19-55-23-31-59(32-24-55)63-39-47-67(48-40-63)74(76,68-49-41-64(42-50-68)60-33-25-56(26-34-60)20-16-12-8-2)71-72(79-73(5,6)78-71)75(77,69-51-43-65(44-52-69)61-35-27-57(28-36-61)21-17-13-9-3)70-53-45-66(46-54-70)62-37-29-58(30-38-62)22-18-14-10-4;1-2-3-4-5-14-6-8-15(9-7-14)16-10-12-17(18)13-11-16;1-9(2)14-6(5(11)4-10)7(15-9)8(12)13-3/h23-54,71-72,76-77H,7-22H2,1-6H3;6-13H,2-5H2,1H3;6-7,10H,4H2,1-3H3/t71-,72-;;6-,7+/m1.1/s1. The van der Waals surface area contributed by atoms with Crippen LogP contribution in [0, 0.1) is 0 Å². The lowest BCUT2D eigenvalue weighted by atomic mass is 9.71. The molecule has 2 aliphatic rings. The predicted molar refractivity (Wildman–Crippen MR) is 461 cm³/mol. The van der Waals surface area contributed by atoms with Crippen LogP contribution < -0.4 is 0 Å². The average Bonchev–Trinajstić information content (AvgIpc) is 1.51. The average molecular weight is 1570 g/mol. The van der Waals surface area contributed by atoms with E-state index in [1.54, 1.807) is 13.8 Å². The van der Waals surface area contributed by atoms with Crippen molar-refractivity contribution in [3.05, 3.63) is 297 Å². The minimum Gasteiger partial charge on any atom is -0.467 e. The molecule has 2 aliphatic heterocycles. The van der Waals surface area contributed by atoms with E-state index < -0.39 is 65.6 Å². The number of aryl methyl sites for hydroxylation is 5. The van der Waals surface area contributed by atoms with Gasteiger partial charge in [0.05, 0.1) is 7.11 Å². The van der Waals surface area contributed by atoms with E-state index in [1.165, 1.54) is 149 Å². The van der Waals surface area contributed by atoms with Gasteiger partial charge in [-0.2, -0.15) is 0 Å². The molecule has 0 radical (unpaired) electrons. The zero-order valence-electron chi connectivity index (χ0n) is 67.8. The van der Waals surface area contributed by atoms with Gasteiger partial charge in [0, 0.05) is 4.47 Å². The number of hydrogen-bond donors (Lipinski definition) is 3. The van der Waals surface area contributed by atoms with Crippen molar-refractivity contribution in [2.45, 2.75) is 238 Å². The van der Waals surface area contributed by atoms with Crippen LogP contribution >= 0.6 is 15.9 Å². The van der Waals surface area contributed by atoms with Crippen molar-refractivity contribution in [2.75, 3.05) is 13.7 Å². The highest BCUT2D eigenvalue weighted by molar-refractivity contribution is 9.10. The molecule has 2 saturated heterocycles. The molecule has 3 N–H and O–H groups in total. The van der Waals surface area contributed by atoms with E-state index in [-0.39, 0.29) is 0 Å². The van der Waals surface area contributed by atoms with E-state index in [0.717, 1.165) is 74.7 Å². The number of esters is 1. The van der Waals surface area contributed by atoms with E-state index in [0.29, 0.717) is 22.3 Å². The number of aliphatic hydroxyl groups excluding tert-OH is 1. The fourth-order valence-electron chi connectivity index (χ4n) is 15.3. The second-order valence-corrected chi connectivity index (χ2v) is 32.1. The van der Waals surface area contributed by atoms with Gasteiger partial charge in [-0.3, -0.25) is 4.79 Å². The van der Waals surface area contributed by atoms with Crippen molar-refractivity contribution in [3.8, 4) is 55.6 Å². The molecule has 0 bridgehead atoms. The smallest absolute Gasteiger partial charge is 0.338 e. The fourth-order valence-corrected chi connectivity index (χ4v) is 15.5. The molecular weight excluding hydrogens is 1450 g/mol. The zero-order chi connectivity index (χ0) is 79.7. The maximum absolute atomic E-state index is 14.2. The first-order valence-electron chi connectivity index (χ1n) is 41.2. The SMILES string of the molecule is CCCCCc1ccc(-c2ccc(Br)cc2)cc1.CCCCCc1ccc(-c2ccc(C(O)(c3ccc(-c4ccc(CCCCC)cc4)cc3)[C@@H]3OC(C)(C)O[C@H]3C(O)(c3ccc(-c4ccc(CCCCC)cc4)cc3)c3ccc(-c4ccc(CCCCC)cc4)cc3)cc2)cc1.COC(=O)[C@H]1OC(C)(C)O[C@@H]1C(=O)CO. The molecule has 10 aromatic rings. The Morgan fingerprint density at radius 2 is 0.536 bits per heavy atom. The summed E-state index contributed by atoms with van der Waals surface area (Å²) in [5.74, 6) is -3.52. The number of carbonyl (C=O) groups is 2. The first-order valence-corrected chi connectivity index (χ1v) is 42.0. The normalized spacial score (nSPS) is 16.4. The van der Waals surface area contributed by atoms with E-state index in [4.69, 9.17) is 24.1 Å². The fraction of sp³-hybridized carbons (Fsp3) is 0.386. The number of Topliss-reactive ketones (excluding diaryl/α,β-unsaturated/α-hetero) is 1. The van der Waals surface area contributed by atoms with E-state index in [9.17, 15) is 19.8 Å². The third kappa shape index (κ3) is 22.7. The van der Waals surface area contributed by atoms with Crippen LogP contribution in [0.1, 0.15) is 209 Å². The Morgan fingerprint density at radius 3 is 0.750 bits per heavy atom. The second kappa shape index (κ2) is 41.5. The molecule has 0 spiro atoms. The number of methoxy groups -OCH3 is 1. The molecule has 4 atom stereocenters. The van der Waals surface area contributed by atoms with Crippen LogP contribution in [0.15, 0.2) is 247 Å². The molecular formula is C101H119BrO10. The van der Waals surface area contributed by atoms with Gasteiger partial charge in [0.25, 0.3) is 0 Å². The van der Waals surface area contributed by atoms with Gasteiger partial charge in [0.15, 0.2) is 29.6 Å². The number of carbonyl (C=O) groups excluding carboxylic acids is 2. The van der Waals surface area contributed by atoms with Gasteiger partial charge in [-0.1, -0.05) is 345 Å². The van der Waals surface area contributed by atoms with Crippen molar-refractivity contribution < 1.29 is 48.6 Å². The van der Waals surface area contributed by atoms with Crippen LogP contribution in [-0.4, -0.2) is 76.8 Å². The molecule has 0 aliphatic carbocycles. The van der Waals surface area contributed by atoms with Crippen LogP contribution in [0.3, 0.4) is 0 Å². The lowest BCUT2D eigenvalue weighted by molar-refractivity contribution is -0.172. The maximum Gasteiger partial charge on any atom is 0.338 e. The molecule has 590 valence electrons. The van der Waals surface area contributed by atoms with Crippen molar-refractivity contribution in [1.29, 1.82) is 0 Å². The van der Waals surface area contributed by atoms with Gasteiger partial charge in [-0.25, -0.2) is 4.79 Å². The first kappa shape index (κ1) is 86.0. The highest BCUT2D eigenvalue weighted by Crippen LogP contribution is 2.51. The zero-order valence-corrected chi connectivity index (χ0v) is 69.4. The minimum absolute atomic E-state index is 0.601. The maximum atomic E-state index is 14.2. The lowest BCUT2D eigenvalue weighted by Crippen LogP contribution is -2.55. The summed E-state index contributed by atoms with van der Waals surface area (Å²) < 4.78 is 30.2. The molecule has 112 heavy (non-hydrogen) atoms. The summed E-state index contributed by atoms with van der Waals surface area (Å²) in [4.78, 5) is 22.5. The lowest BCUT2D eigenvalue weighted by Gasteiger charge is -2.42. The van der Waals surface area contributed by atoms with Gasteiger partial charge in [0.2, 0.25) is 0 Å². The van der Waals surface area contributed by atoms with E-state index >= 15 is 0 Å². The van der Waals surface area contributed by atoms with Gasteiger partial charge >= 0.3 is 5.97 Å². The van der Waals surface area contributed by atoms with Crippen LogP contribution in [0.5, 0.6) is 0 Å². The highest BCUT2D eigenvalue weighted by atomic mass is 79.9. The van der Waals surface area contributed by atoms with E-state index in [1.807, 2.05) is 62.4 Å². The molecule has 0 aromatic heterocycles. The quantitative estimate of drug-likeness (QED) is 0.0264. The largest absolute Gasteiger partial charge is 0.467 e. The van der Waals surface area contributed by atoms with Crippen molar-refractivity contribution in [3.63, 3.8) is 0 Å². The van der Waals surface area contributed by atoms with Crippen molar-refractivity contribution in [2.24, 2.45) is 0 Å². The number of ketones is 1. The topological polar surface area (TPSA) is 141 Å². The summed E-state index contributed by atoms with van der Waals surface area (Å²) in [6.45, 7) is 17.4. The number of halogens is 1. The van der Waals surface area contributed by atoms with Gasteiger partial charge in [0.1, 0.15) is 30.0 Å². The Labute approximate surface area is 676 Å². The van der Waals surface area contributed by atoms with Crippen LogP contribution in [0.2, 0.25) is 0 Å². The minimum atomic E-state index is -1.81. The molecule has 12 rings (SSSR count). The van der Waals surface area contributed by atoms with Gasteiger partial charge in [-0.05, 0) is 210 Å². The van der Waals surface area contributed by atoms with Gasteiger partial charge in [-0.15, -0.1) is 0 Å². The Bertz CT molecular complexity index is 4040. The number of unbranched alkanes of at least 4 members (excludes halogenated alkanes) is 10. The Hall–Kier alpha value is -8.46. The summed E-state index contributed by atoms with van der Waals surface area (Å²) in [6, 6.07) is 85.9. The molecule has 10 nitrogen and oxygen atoms in total. The third-order valence-corrected chi connectivity index (χ3v) is 22.4. The summed E-state index contributed by atoms with van der Waals surface area (Å²) >= 11 is 3.46.